The van der Waals surface area contributed by atoms with E-state index in [1.807, 2.05) is 30.3 Å². The van der Waals surface area contributed by atoms with Crippen molar-refractivity contribution in [2.45, 2.75) is 6.54 Å². The summed E-state index contributed by atoms with van der Waals surface area (Å²) in [6.45, 7) is 1.97. The number of aromatic hydroxyl groups is 1. The molecule has 2 aromatic rings. The van der Waals surface area contributed by atoms with E-state index in [9.17, 15) is 18.3 Å². The Morgan fingerprint density at radius 3 is 2.65 bits per heavy atom. The Morgan fingerprint density at radius 2 is 1.90 bits per heavy atom. The van der Waals surface area contributed by atoms with E-state index in [-0.39, 0.29) is 41.1 Å². The van der Waals surface area contributed by atoms with Crippen LogP contribution in [0.1, 0.15) is 15.9 Å². The summed E-state index contributed by atoms with van der Waals surface area (Å²) in [6.07, 6.45) is 0. The Labute approximate surface area is 179 Å². The number of benzene rings is 2. The molecule has 3 N–H and O–H groups in total. The molecule has 1 saturated heterocycles. The van der Waals surface area contributed by atoms with E-state index in [1.165, 1.54) is 12.1 Å². The number of anilines is 1. The average molecular weight is 443 g/mol. The number of phenols is 1. The summed E-state index contributed by atoms with van der Waals surface area (Å²) in [7, 11) is -3.95. The highest BCUT2D eigenvalue weighted by Gasteiger charge is 2.28. The molecule has 0 unspecified atom stereocenters. The first kappa shape index (κ1) is 20.8. The molecule has 2 aliphatic rings. The maximum Gasteiger partial charge on any atom is 0.345 e. The third kappa shape index (κ3) is 4.84. The molecule has 1 fully saturated rings. The first-order valence-corrected chi connectivity index (χ1v) is 11.0. The number of nitrogens with zero attached hydrogens (tertiary/aromatic N) is 3. The third-order valence-corrected chi connectivity index (χ3v) is 5.62. The van der Waals surface area contributed by atoms with Gasteiger partial charge in [0.15, 0.2) is 17.4 Å². The number of hydrogen-bond acceptors (Lipinski definition) is 7. The van der Waals surface area contributed by atoms with Crippen molar-refractivity contribution in [1.29, 1.82) is 0 Å². The van der Waals surface area contributed by atoms with Crippen LogP contribution in [0.25, 0.3) is 0 Å². The maximum atomic E-state index is 12.8. The number of carbonyl (C=O) groups excluding carboxylic acids is 1. The second-order valence-electron chi connectivity index (χ2n) is 6.90. The van der Waals surface area contributed by atoms with Crippen molar-refractivity contribution >= 4 is 33.5 Å². The van der Waals surface area contributed by atoms with Gasteiger partial charge in [-0.25, -0.2) is 4.72 Å². The van der Waals surface area contributed by atoms with Gasteiger partial charge in [-0.05, 0) is 17.7 Å². The monoisotopic (exact) mass is 443 g/mol. The lowest BCUT2D eigenvalue weighted by Crippen LogP contribution is -2.40. The van der Waals surface area contributed by atoms with Crippen LogP contribution in [0, 0.1) is 0 Å². The fourth-order valence-electron chi connectivity index (χ4n) is 3.18. The van der Waals surface area contributed by atoms with Gasteiger partial charge in [0.1, 0.15) is 0 Å². The van der Waals surface area contributed by atoms with Crippen LogP contribution in [0.5, 0.6) is 5.75 Å². The first-order valence-electron chi connectivity index (χ1n) is 9.60. The number of para-hydroxylation sites is 1. The lowest BCUT2D eigenvalue weighted by Gasteiger charge is -2.27. The Kier molecular flexibility index (Phi) is 5.87. The summed E-state index contributed by atoms with van der Waals surface area (Å²) >= 11 is 0. The van der Waals surface area contributed by atoms with Crippen LogP contribution in [0.3, 0.4) is 0 Å². The number of morpholine rings is 1. The molecule has 2 heterocycles. The summed E-state index contributed by atoms with van der Waals surface area (Å²) in [5, 5.41) is 13.4. The Bertz CT molecular complexity index is 1140. The molecule has 0 bridgehead atoms. The smallest absolute Gasteiger partial charge is 0.345 e. The fraction of sp³-hybridized carbons (Fsp3) is 0.250. The molecule has 162 valence electrons. The molecule has 4 rings (SSSR count). The van der Waals surface area contributed by atoms with Gasteiger partial charge in [-0.15, -0.1) is 4.40 Å². The Hall–Kier alpha value is -3.44. The second-order valence-corrected chi connectivity index (χ2v) is 8.24. The number of rotatable bonds is 4. The van der Waals surface area contributed by atoms with Crippen LogP contribution in [-0.2, 0) is 21.5 Å². The van der Waals surface area contributed by atoms with Crippen LogP contribution in [0.4, 0.5) is 5.69 Å². The van der Waals surface area contributed by atoms with Gasteiger partial charge >= 0.3 is 10.2 Å². The number of aliphatic imine (C=N–C) groups is 1. The molecule has 0 saturated carbocycles. The molecule has 0 aromatic heterocycles. The summed E-state index contributed by atoms with van der Waals surface area (Å²) in [4.78, 5) is 18.6. The summed E-state index contributed by atoms with van der Waals surface area (Å²) < 4.78 is 35.1. The number of phenolic OH excluding ortho intramolecular Hbond substituents is 1. The van der Waals surface area contributed by atoms with Crippen LogP contribution in [0.2, 0.25) is 0 Å². The summed E-state index contributed by atoms with van der Waals surface area (Å²) in [5.41, 5.74) is 1.13. The SMILES string of the molecule is O=C(c1cccc(NC2=NS(=O)(=O)NC2=NCc2ccccc2)c1O)N1CCOCC1. The molecule has 0 spiro atoms. The molecular weight excluding hydrogens is 422 g/mol. The minimum atomic E-state index is -3.95. The van der Waals surface area contributed by atoms with E-state index >= 15 is 0 Å². The Morgan fingerprint density at radius 1 is 1.16 bits per heavy atom. The topological polar surface area (TPSA) is 133 Å². The van der Waals surface area contributed by atoms with Gasteiger partial charge in [0.2, 0.25) is 0 Å². The predicted octanol–water partition coefficient (Wildman–Crippen LogP) is 1.12. The van der Waals surface area contributed by atoms with Gasteiger partial charge in [0.05, 0.1) is 31.0 Å². The zero-order chi connectivity index (χ0) is 21.8. The average Bonchev–Trinajstić information content (AvgIpc) is 3.07. The highest BCUT2D eigenvalue weighted by Crippen LogP contribution is 2.29. The molecular formula is C20H21N5O5S. The molecule has 0 atom stereocenters. The summed E-state index contributed by atoms with van der Waals surface area (Å²) in [5.74, 6) is -0.676. The van der Waals surface area contributed by atoms with Crippen molar-refractivity contribution in [3.63, 3.8) is 0 Å². The molecule has 2 aromatic carbocycles. The lowest BCUT2D eigenvalue weighted by atomic mass is 10.1. The lowest BCUT2D eigenvalue weighted by molar-refractivity contribution is 0.0301. The van der Waals surface area contributed by atoms with Gasteiger partial charge < -0.3 is 20.1 Å². The number of ether oxygens (including phenoxy) is 1. The number of amides is 1. The molecule has 2 aliphatic heterocycles. The minimum Gasteiger partial charge on any atom is -0.505 e. The van der Waals surface area contributed by atoms with Crippen molar-refractivity contribution in [1.82, 2.24) is 9.62 Å². The first-order chi connectivity index (χ1) is 14.9. The zero-order valence-electron chi connectivity index (χ0n) is 16.5. The largest absolute Gasteiger partial charge is 0.505 e. The van der Waals surface area contributed by atoms with Crippen molar-refractivity contribution in [2.24, 2.45) is 9.39 Å². The van der Waals surface area contributed by atoms with E-state index < -0.39 is 10.2 Å². The van der Waals surface area contributed by atoms with Crippen LogP contribution < -0.4 is 10.0 Å². The van der Waals surface area contributed by atoms with Gasteiger partial charge in [0, 0.05) is 13.1 Å². The minimum absolute atomic E-state index is 0.0214. The predicted molar refractivity (Wildman–Crippen MR) is 116 cm³/mol. The van der Waals surface area contributed by atoms with Crippen LogP contribution >= 0.6 is 0 Å². The van der Waals surface area contributed by atoms with E-state index in [4.69, 9.17) is 4.74 Å². The number of hydrogen-bond donors (Lipinski definition) is 3. The molecule has 31 heavy (non-hydrogen) atoms. The summed E-state index contributed by atoms with van der Waals surface area (Å²) in [6, 6.07) is 13.9. The maximum absolute atomic E-state index is 12.8. The van der Waals surface area contributed by atoms with Gasteiger partial charge in [-0.2, -0.15) is 8.42 Å². The van der Waals surface area contributed by atoms with E-state index in [1.54, 1.807) is 11.0 Å². The number of nitrogens with one attached hydrogen (secondary N) is 2. The van der Waals surface area contributed by atoms with E-state index in [0.717, 1.165) is 5.56 Å². The number of amidine groups is 2. The van der Waals surface area contributed by atoms with Gasteiger partial charge in [-0.1, -0.05) is 36.4 Å². The van der Waals surface area contributed by atoms with Crippen molar-refractivity contribution in [3.05, 3.63) is 59.7 Å². The van der Waals surface area contributed by atoms with Crippen LogP contribution in [-0.4, -0.2) is 62.3 Å². The van der Waals surface area contributed by atoms with Gasteiger partial charge in [-0.3, -0.25) is 9.79 Å². The van der Waals surface area contributed by atoms with Crippen LogP contribution in [0.15, 0.2) is 57.9 Å². The second kappa shape index (κ2) is 8.74. The van der Waals surface area contributed by atoms with E-state index in [0.29, 0.717) is 26.3 Å². The highest BCUT2D eigenvalue weighted by atomic mass is 32.2. The molecule has 11 heteroatoms. The van der Waals surface area contributed by atoms with Crippen molar-refractivity contribution < 1.29 is 23.1 Å². The molecule has 0 radical (unpaired) electrons. The van der Waals surface area contributed by atoms with E-state index in [2.05, 4.69) is 19.4 Å². The van der Waals surface area contributed by atoms with Gasteiger partial charge in [0.25, 0.3) is 5.91 Å². The molecule has 1 amide bonds. The zero-order valence-corrected chi connectivity index (χ0v) is 17.3. The fourth-order valence-corrected chi connectivity index (χ4v) is 4.00. The highest BCUT2D eigenvalue weighted by molar-refractivity contribution is 7.89. The molecule has 10 nitrogen and oxygen atoms in total. The van der Waals surface area contributed by atoms with Crippen molar-refractivity contribution in [2.75, 3.05) is 31.6 Å². The standard InChI is InChI=1S/C20H21N5O5S/c26-17-15(20(27)25-9-11-30-12-10-25)7-4-8-16(17)22-19-18(23-31(28,29)24-19)21-13-14-5-2-1-3-6-14/h1-8,26H,9-13H2,(H,21,23)(H,22,24). The quantitative estimate of drug-likeness (QED) is 0.607. The van der Waals surface area contributed by atoms with Crippen molar-refractivity contribution in [3.8, 4) is 5.75 Å². The third-order valence-electron chi connectivity index (χ3n) is 4.74. The normalized spacial score (nSPS) is 19.0. The Balaban J connectivity index is 1.57. The molecule has 0 aliphatic carbocycles. The number of carbonyl (C=O) groups is 1.